The third kappa shape index (κ3) is 3.84. The molecule has 3 aromatic carbocycles. The second-order valence-electron chi connectivity index (χ2n) is 6.77. The molecule has 1 heterocycles. The van der Waals surface area contributed by atoms with E-state index in [1.54, 1.807) is 66.7 Å². The Morgan fingerprint density at radius 2 is 1.67 bits per heavy atom. The van der Waals surface area contributed by atoms with Crippen molar-refractivity contribution in [3.05, 3.63) is 101 Å². The van der Waals surface area contributed by atoms with Crippen LogP contribution in [0.5, 0.6) is 5.75 Å². The minimum Gasteiger partial charge on any atom is -0.422 e. The molecule has 4 rings (SSSR count). The van der Waals surface area contributed by atoms with Crippen LogP contribution in [0.3, 0.4) is 0 Å². The topological polar surface area (TPSA) is 75.7 Å². The largest absolute Gasteiger partial charge is 0.422 e. The Hall–Kier alpha value is -4.19. The Kier molecular flexibility index (Phi) is 5.13. The first-order chi connectivity index (χ1) is 14.5. The molecule has 0 unspecified atom stereocenters. The Morgan fingerprint density at radius 1 is 0.933 bits per heavy atom. The molecular weight excluding hydrogens is 380 g/mol. The molecule has 0 radical (unpaired) electrons. The molecule has 3 aromatic rings. The predicted molar refractivity (Wildman–Crippen MR) is 113 cm³/mol. The number of carbonyl (C=O) groups excluding carboxylic acids is 3. The van der Waals surface area contributed by atoms with Gasteiger partial charge >= 0.3 is 5.97 Å². The van der Waals surface area contributed by atoms with Crippen molar-refractivity contribution in [2.45, 2.75) is 6.92 Å². The summed E-state index contributed by atoms with van der Waals surface area (Å²) in [6.07, 6.45) is 1.43. The second-order valence-corrected chi connectivity index (χ2v) is 6.77. The molecule has 1 aliphatic rings. The number of hydrogen-bond acceptors (Lipinski definition) is 4. The number of benzene rings is 3. The van der Waals surface area contributed by atoms with Crippen LogP contribution in [-0.2, 0) is 9.59 Å². The van der Waals surface area contributed by atoms with E-state index in [1.165, 1.54) is 11.1 Å². The molecule has 0 aromatic heterocycles. The molecule has 0 saturated carbocycles. The molecule has 1 fully saturated rings. The molecule has 1 aliphatic heterocycles. The molecule has 6 heteroatoms. The van der Waals surface area contributed by atoms with E-state index in [2.05, 4.69) is 5.43 Å². The summed E-state index contributed by atoms with van der Waals surface area (Å²) in [6.45, 7) is 1.89. The molecule has 2 amide bonds. The Labute approximate surface area is 173 Å². The van der Waals surface area contributed by atoms with E-state index in [9.17, 15) is 14.4 Å². The van der Waals surface area contributed by atoms with Crippen molar-refractivity contribution in [3.63, 3.8) is 0 Å². The fourth-order valence-corrected chi connectivity index (χ4v) is 3.10. The maximum atomic E-state index is 12.8. The smallest absolute Gasteiger partial charge is 0.343 e. The molecule has 0 spiro atoms. The number of para-hydroxylation sites is 2. The van der Waals surface area contributed by atoms with Gasteiger partial charge < -0.3 is 4.74 Å². The van der Waals surface area contributed by atoms with Crippen LogP contribution in [0.15, 0.2) is 84.4 Å². The van der Waals surface area contributed by atoms with Crippen LogP contribution in [0.25, 0.3) is 6.08 Å². The van der Waals surface area contributed by atoms with E-state index in [0.717, 1.165) is 5.56 Å². The summed E-state index contributed by atoms with van der Waals surface area (Å²) in [5, 5.41) is 1.19. The standard InChI is InChI=1S/C24H18N2O4/c1-16-8-7-10-18(14-16)24(29)30-21-13-6-5-9-17(21)15-20-22(27)25-26(23(20)28)19-11-3-2-4-12-19/h2-15H,1H3,(H,25,27). The van der Waals surface area contributed by atoms with Crippen molar-refractivity contribution in [2.24, 2.45) is 0 Å². The normalized spacial score (nSPS) is 14.7. The predicted octanol–water partition coefficient (Wildman–Crippen LogP) is 3.68. The van der Waals surface area contributed by atoms with Crippen molar-refractivity contribution in [2.75, 3.05) is 5.01 Å². The quantitative estimate of drug-likeness (QED) is 0.315. The summed E-state index contributed by atoms with van der Waals surface area (Å²) < 4.78 is 5.54. The number of esters is 1. The van der Waals surface area contributed by atoms with Gasteiger partial charge in [-0.1, -0.05) is 54.1 Å². The lowest BCUT2D eigenvalue weighted by Crippen LogP contribution is -2.35. The highest BCUT2D eigenvalue weighted by molar-refractivity contribution is 6.31. The van der Waals surface area contributed by atoms with Crippen molar-refractivity contribution in [3.8, 4) is 5.75 Å². The number of amides is 2. The van der Waals surface area contributed by atoms with Crippen LogP contribution in [-0.4, -0.2) is 17.8 Å². The summed E-state index contributed by atoms with van der Waals surface area (Å²) in [5.74, 6) is -1.26. The number of hydrogen-bond donors (Lipinski definition) is 1. The number of nitrogens with zero attached hydrogens (tertiary/aromatic N) is 1. The molecule has 0 atom stereocenters. The van der Waals surface area contributed by atoms with Gasteiger partial charge in [0.25, 0.3) is 11.8 Å². The molecule has 1 N–H and O–H groups in total. The summed E-state index contributed by atoms with van der Waals surface area (Å²) in [4.78, 5) is 37.7. The van der Waals surface area contributed by atoms with Crippen molar-refractivity contribution in [1.29, 1.82) is 0 Å². The summed E-state index contributed by atoms with van der Waals surface area (Å²) in [5.41, 5.74) is 4.87. The van der Waals surface area contributed by atoms with Crippen molar-refractivity contribution in [1.82, 2.24) is 5.43 Å². The zero-order valence-corrected chi connectivity index (χ0v) is 16.2. The number of aryl methyl sites for hydroxylation is 1. The highest BCUT2D eigenvalue weighted by Gasteiger charge is 2.34. The van der Waals surface area contributed by atoms with E-state index >= 15 is 0 Å². The molecular formula is C24H18N2O4. The molecule has 0 aliphatic carbocycles. The third-order valence-electron chi connectivity index (χ3n) is 4.58. The first kappa shape index (κ1) is 19.1. The maximum absolute atomic E-state index is 12.8. The van der Waals surface area contributed by atoms with Crippen LogP contribution in [0.1, 0.15) is 21.5 Å². The molecule has 148 valence electrons. The minimum absolute atomic E-state index is 0.0436. The average Bonchev–Trinajstić information content (AvgIpc) is 3.04. The van der Waals surface area contributed by atoms with Crippen LogP contribution in [0, 0.1) is 6.92 Å². The number of carbonyl (C=O) groups is 3. The first-order valence-electron chi connectivity index (χ1n) is 9.33. The number of ether oxygens (including phenoxy) is 1. The minimum atomic E-state index is -0.524. The van der Waals surface area contributed by atoms with E-state index < -0.39 is 17.8 Å². The van der Waals surface area contributed by atoms with Crippen molar-refractivity contribution < 1.29 is 19.1 Å². The zero-order valence-electron chi connectivity index (χ0n) is 16.2. The highest BCUT2D eigenvalue weighted by atomic mass is 16.5. The van der Waals surface area contributed by atoms with Crippen LogP contribution in [0.4, 0.5) is 5.69 Å². The number of rotatable bonds is 4. The molecule has 0 bridgehead atoms. The first-order valence-corrected chi connectivity index (χ1v) is 9.33. The molecule has 1 saturated heterocycles. The summed E-state index contributed by atoms with van der Waals surface area (Å²) in [7, 11) is 0. The van der Waals surface area contributed by atoms with E-state index in [0.29, 0.717) is 16.8 Å². The summed E-state index contributed by atoms with van der Waals surface area (Å²) in [6, 6.07) is 22.6. The van der Waals surface area contributed by atoms with Gasteiger partial charge in [-0.2, -0.15) is 0 Å². The fraction of sp³-hybridized carbons (Fsp3) is 0.0417. The van der Waals surface area contributed by atoms with Gasteiger partial charge in [0.2, 0.25) is 0 Å². The SMILES string of the molecule is Cc1cccc(C(=O)Oc2ccccc2C=C2C(=O)NN(c3ccccc3)C2=O)c1. The van der Waals surface area contributed by atoms with Gasteiger partial charge in [0, 0.05) is 5.56 Å². The van der Waals surface area contributed by atoms with Gasteiger partial charge in [-0.05, 0) is 43.3 Å². The number of hydrazine groups is 1. The lowest BCUT2D eigenvalue weighted by atomic mass is 10.1. The van der Waals surface area contributed by atoms with Crippen LogP contribution >= 0.6 is 0 Å². The third-order valence-corrected chi connectivity index (χ3v) is 4.58. The Bertz CT molecular complexity index is 1170. The second kappa shape index (κ2) is 8.05. The maximum Gasteiger partial charge on any atom is 0.343 e. The molecule has 6 nitrogen and oxygen atoms in total. The van der Waals surface area contributed by atoms with Gasteiger partial charge in [-0.15, -0.1) is 0 Å². The number of anilines is 1. The van der Waals surface area contributed by atoms with Gasteiger partial charge in [0.05, 0.1) is 11.3 Å². The lowest BCUT2D eigenvalue weighted by Gasteiger charge is -2.13. The van der Waals surface area contributed by atoms with Gasteiger partial charge in [-0.3, -0.25) is 15.0 Å². The van der Waals surface area contributed by atoms with Gasteiger partial charge in [0.15, 0.2) is 0 Å². The average molecular weight is 398 g/mol. The van der Waals surface area contributed by atoms with Crippen LogP contribution in [0.2, 0.25) is 0 Å². The van der Waals surface area contributed by atoms with E-state index in [1.807, 2.05) is 19.1 Å². The highest BCUT2D eigenvalue weighted by Crippen LogP contribution is 2.26. The summed E-state index contributed by atoms with van der Waals surface area (Å²) >= 11 is 0. The fourth-order valence-electron chi connectivity index (χ4n) is 3.10. The van der Waals surface area contributed by atoms with Crippen LogP contribution < -0.4 is 15.2 Å². The number of nitrogens with one attached hydrogen (secondary N) is 1. The van der Waals surface area contributed by atoms with E-state index in [4.69, 9.17) is 4.74 Å². The Morgan fingerprint density at radius 3 is 2.43 bits per heavy atom. The van der Waals surface area contributed by atoms with Gasteiger partial charge in [0.1, 0.15) is 11.3 Å². The zero-order chi connectivity index (χ0) is 21.1. The lowest BCUT2D eigenvalue weighted by molar-refractivity contribution is -0.117. The molecule has 30 heavy (non-hydrogen) atoms. The van der Waals surface area contributed by atoms with Crippen molar-refractivity contribution >= 4 is 29.5 Å². The van der Waals surface area contributed by atoms with E-state index in [-0.39, 0.29) is 11.3 Å². The Balaban J connectivity index is 1.62. The monoisotopic (exact) mass is 398 g/mol. The van der Waals surface area contributed by atoms with Gasteiger partial charge in [-0.25, -0.2) is 9.80 Å².